The van der Waals surface area contributed by atoms with E-state index in [0.29, 0.717) is 0 Å². The topological polar surface area (TPSA) is 26.0 Å². The van der Waals surface area contributed by atoms with Crippen molar-refractivity contribution in [1.29, 1.82) is 0 Å². The number of nitrogens with zero attached hydrogens (tertiary/aromatic N) is 1. The Morgan fingerprint density at radius 3 is 1.59 bits per heavy atom. The number of hydrogen-bond donors (Lipinski definition) is 0. The highest BCUT2D eigenvalue weighted by atomic mass is 16.3. The van der Waals surface area contributed by atoms with Crippen LogP contribution in [0.1, 0.15) is 0 Å². The van der Waals surface area contributed by atoms with E-state index in [1.165, 1.54) is 44.5 Å². The van der Waals surface area contributed by atoms with Crippen molar-refractivity contribution in [3.8, 4) is 55.6 Å². The van der Waals surface area contributed by atoms with Crippen LogP contribution in [0.2, 0.25) is 0 Å². The number of pyridine rings is 1. The number of aromatic nitrogens is 1. The van der Waals surface area contributed by atoms with Gasteiger partial charge in [0.1, 0.15) is 5.58 Å². The van der Waals surface area contributed by atoms with Crippen LogP contribution in [0.4, 0.5) is 0 Å². The molecule has 0 spiro atoms. The molecule has 0 unspecified atom stereocenters. The molecule has 2 heteroatoms. The minimum atomic E-state index is 0.812. The molecule has 1 aliphatic carbocycles. The van der Waals surface area contributed by atoms with Crippen molar-refractivity contribution in [3.05, 3.63) is 128 Å². The Morgan fingerprint density at radius 1 is 0.432 bits per heavy atom. The van der Waals surface area contributed by atoms with Crippen molar-refractivity contribution >= 4 is 21.9 Å². The Kier molecular flexibility index (Phi) is 4.26. The molecule has 0 radical (unpaired) electrons. The average Bonchev–Trinajstić information content (AvgIpc) is 3.35. The van der Waals surface area contributed by atoms with Gasteiger partial charge in [-0.3, -0.25) is 4.98 Å². The van der Waals surface area contributed by atoms with Crippen molar-refractivity contribution in [1.82, 2.24) is 4.98 Å². The van der Waals surface area contributed by atoms with Gasteiger partial charge in [-0.25, -0.2) is 0 Å². The molecule has 37 heavy (non-hydrogen) atoms. The van der Waals surface area contributed by atoms with E-state index in [1.54, 1.807) is 6.20 Å². The molecule has 0 N–H and O–H groups in total. The minimum absolute atomic E-state index is 0.812. The van der Waals surface area contributed by atoms with Gasteiger partial charge in [0.15, 0.2) is 5.58 Å². The predicted octanol–water partition coefficient (Wildman–Crippen LogP) is 9.63. The van der Waals surface area contributed by atoms with Gasteiger partial charge in [-0.1, -0.05) is 103 Å². The molecule has 2 nitrogen and oxygen atoms in total. The molecule has 8 rings (SSSR count). The van der Waals surface area contributed by atoms with Crippen LogP contribution in [0, 0.1) is 0 Å². The molecule has 0 saturated carbocycles. The third-order valence-electron chi connectivity index (χ3n) is 7.57. The summed E-state index contributed by atoms with van der Waals surface area (Å²) >= 11 is 0. The summed E-state index contributed by atoms with van der Waals surface area (Å²) in [7, 11) is 0. The lowest BCUT2D eigenvalue weighted by Crippen LogP contribution is -1.97. The first-order valence-corrected chi connectivity index (χ1v) is 12.5. The molecule has 2 heterocycles. The van der Waals surface area contributed by atoms with Crippen LogP contribution in [0.3, 0.4) is 0 Å². The van der Waals surface area contributed by atoms with Gasteiger partial charge in [0.05, 0.1) is 6.20 Å². The van der Waals surface area contributed by atoms with E-state index in [9.17, 15) is 0 Å². The van der Waals surface area contributed by atoms with Crippen LogP contribution in [0.5, 0.6) is 0 Å². The fourth-order valence-corrected chi connectivity index (χ4v) is 5.91. The molecular formula is C35H21NO. The maximum atomic E-state index is 6.34. The van der Waals surface area contributed by atoms with Gasteiger partial charge in [0.25, 0.3) is 0 Å². The second-order valence-electron chi connectivity index (χ2n) is 9.55. The lowest BCUT2D eigenvalue weighted by atomic mass is 9.80. The summed E-state index contributed by atoms with van der Waals surface area (Å²) in [6.07, 6.45) is 3.62. The highest BCUT2D eigenvalue weighted by molar-refractivity contribution is 6.10. The molecule has 7 aromatic rings. The first-order valence-electron chi connectivity index (χ1n) is 12.5. The number of benzene rings is 5. The Bertz CT molecular complexity index is 1990. The Hall–Kier alpha value is -4.95. The van der Waals surface area contributed by atoms with E-state index in [4.69, 9.17) is 4.42 Å². The third-order valence-corrected chi connectivity index (χ3v) is 7.57. The van der Waals surface area contributed by atoms with Crippen molar-refractivity contribution in [3.63, 3.8) is 0 Å². The smallest absolute Gasteiger partial charge is 0.153 e. The molecule has 172 valence electrons. The molecule has 5 aromatic carbocycles. The fourth-order valence-electron chi connectivity index (χ4n) is 5.91. The van der Waals surface area contributed by atoms with E-state index >= 15 is 0 Å². The molecule has 2 aromatic heterocycles. The van der Waals surface area contributed by atoms with Gasteiger partial charge in [-0.15, -0.1) is 0 Å². The molecular weight excluding hydrogens is 450 g/mol. The second-order valence-corrected chi connectivity index (χ2v) is 9.55. The highest BCUT2D eigenvalue weighted by Gasteiger charge is 2.22. The monoisotopic (exact) mass is 471 g/mol. The molecule has 0 atom stereocenters. The van der Waals surface area contributed by atoms with E-state index in [2.05, 4.69) is 114 Å². The summed E-state index contributed by atoms with van der Waals surface area (Å²) in [5.41, 5.74) is 13.9. The summed E-state index contributed by atoms with van der Waals surface area (Å²) in [5, 5.41) is 2.20. The summed E-state index contributed by atoms with van der Waals surface area (Å²) in [5.74, 6) is 0. The fraction of sp³-hybridized carbons (Fsp3) is 0. The molecule has 0 aliphatic heterocycles. The van der Waals surface area contributed by atoms with E-state index in [1.807, 2.05) is 12.3 Å². The maximum Gasteiger partial charge on any atom is 0.153 e. The maximum absolute atomic E-state index is 6.34. The van der Waals surface area contributed by atoms with Crippen LogP contribution >= 0.6 is 0 Å². The molecule has 0 bridgehead atoms. The highest BCUT2D eigenvalue weighted by Crippen LogP contribution is 2.48. The zero-order valence-electron chi connectivity index (χ0n) is 20.0. The van der Waals surface area contributed by atoms with Gasteiger partial charge in [-0.05, 0) is 62.2 Å². The Labute approximate surface area is 214 Å². The average molecular weight is 472 g/mol. The van der Waals surface area contributed by atoms with Gasteiger partial charge >= 0.3 is 0 Å². The number of furan rings is 1. The van der Waals surface area contributed by atoms with E-state index in [-0.39, 0.29) is 0 Å². The van der Waals surface area contributed by atoms with Gasteiger partial charge < -0.3 is 4.42 Å². The second kappa shape index (κ2) is 7.78. The number of fused-ring (bicyclic) bond motifs is 11. The SMILES string of the molecule is c1ccc2c(c1)-c1ccccc1-c1ccc(-c3cccc4c3oc3cnccc34)cc1-c1ccccc1-2. The number of hydrogen-bond acceptors (Lipinski definition) is 2. The normalized spacial score (nSPS) is 11.8. The standard InChI is InChI=1S/C35H21NO/c1-2-9-25-24(8-1)26-10-3-4-12-28(26)30-17-16-22(20-33(30)29-13-6-5-11-27(25)29)23-14-7-15-32-31-18-19-36-21-34(31)37-35(23)32/h1-21H. The minimum Gasteiger partial charge on any atom is -0.454 e. The van der Waals surface area contributed by atoms with E-state index < -0.39 is 0 Å². The lowest BCUT2D eigenvalue weighted by molar-refractivity contribution is 0.668. The Balaban J connectivity index is 1.45. The van der Waals surface area contributed by atoms with Crippen LogP contribution < -0.4 is 0 Å². The third kappa shape index (κ3) is 2.96. The van der Waals surface area contributed by atoms with Gasteiger partial charge in [0, 0.05) is 22.5 Å². The summed E-state index contributed by atoms with van der Waals surface area (Å²) < 4.78 is 6.34. The Morgan fingerprint density at radius 2 is 0.973 bits per heavy atom. The molecule has 0 saturated heterocycles. The lowest BCUT2D eigenvalue weighted by Gasteiger charge is -2.23. The summed E-state index contributed by atoms with van der Waals surface area (Å²) in [6, 6.07) is 41.5. The van der Waals surface area contributed by atoms with Crippen LogP contribution in [0.25, 0.3) is 77.6 Å². The van der Waals surface area contributed by atoms with Crippen molar-refractivity contribution in [2.24, 2.45) is 0 Å². The molecule has 1 aliphatic rings. The quantitative estimate of drug-likeness (QED) is 0.238. The van der Waals surface area contributed by atoms with Crippen molar-refractivity contribution in [2.75, 3.05) is 0 Å². The predicted molar refractivity (Wildman–Crippen MR) is 152 cm³/mol. The number of para-hydroxylation sites is 1. The van der Waals surface area contributed by atoms with Crippen LogP contribution in [-0.2, 0) is 0 Å². The van der Waals surface area contributed by atoms with Gasteiger partial charge in [0.2, 0.25) is 0 Å². The largest absolute Gasteiger partial charge is 0.454 e. The molecule has 0 amide bonds. The zero-order chi connectivity index (χ0) is 24.3. The first-order chi connectivity index (χ1) is 18.4. The van der Waals surface area contributed by atoms with Crippen LogP contribution in [0.15, 0.2) is 132 Å². The van der Waals surface area contributed by atoms with Crippen molar-refractivity contribution in [2.45, 2.75) is 0 Å². The van der Waals surface area contributed by atoms with E-state index in [0.717, 1.165) is 33.1 Å². The zero-order valence-corrected chi connectivity index (χ0v) is 20.0. The molecule has 0 fully saturated rings. The first kappa shape index (κ1) is 20.3. The summed E-state index contributed by atoms with van der Waals surface area (Å²) in [6.45, 7) is 0. The summed E-state index contributed by atoms with van der Waals surface area (Å²) in [4.78, 5) is 4.26. The van der Waals surface area contributed by atoms with Crippen molar-refractivity contribution < 1.29 is 4.42 Å². The van der Waals surface area contributed by atoms with Gasteiger partial charge in [-0.2, -0.15) is 0 Å². The number of rotatable bonds is 1. The van der Waals surface area contributed by atoms with Crippen LogP contribution in [-0.4, -0.2) is 4.98 Å².